The Morgan fingerprint density at radius 2 is 1.87 bits per heavy atom. The van der Waals surface area contributed by atoms with Crippen LogP contribution in [0, 0.1) is 6.92 Å². The Labute approximate surface area is 154 Å². The van der Waals surface area contributed by atoms with E-state index in [1.165, 1.54) is 49.9 Å². The maximum absolute atomic E-state index is 4.71. The second kappa shape index (κ2) is 12.1. The van der Waals surface area contributed by atoms with Gasteiger partial charge in [-0.15, -0.1) is 24.8 Å². The number of aryl methyl sites for hydroxylation is 1. The van der Waals surface area contributed by atoms with Crippen LogP contribution >= 0.6 is 24.8 Å². The average molecular weight is 365 g/mol. The molecule has 1 saturated carbocycles. The molecular formula is C17H34Cl2N4. The van der Waals surface area contributed by atoms with Gasteiger partial charge in [-0.1, -0.05) is 26.7 Å². The Kier molecular flexibility index (Phi) is 12.0. The van der Waals surface area contributed by atoms with Crippen molar-refractivity contribution < 1.29 is 0 Å². The highest BCUT2D eigenvalue weighted by molar-refractivity contribution is 5.85. The van der Waals surface area contributed by atoms with Crippen molar-refractivity contribution in [2.75, 3.05) is 26.2 Å². The highest BCUT2D eigenvalue weighted by Gasteiger charge is 2.18. The standard InChI is InChI=1S/C17H32N4.2ClH/c1-4-20(5-2)12-8-11-18-13-16-14-21(19-15(16)3)17-9-6-7-10-17;;/h14,17-18H,4-13H2,1-3H3;2*1H. The Morgan fingerprint density at radius 3 is 2.48 bits per heavy atom. The van der Waals surface area contributed by atoms with Crippen LogP contribution in [0.2, 0.25) is 0 Å². The van der Waals surface area contributed by atoms with E-state index < -0.39 is 0 Å². The summed E-state index contributed by atoms with van der Waals surface area (Å²) in [7, 11) is 0. The quantitative estimate of drug-likeness (QED) is 0.672. The third kappa shape index (κ3) is 7.00. The SMILES string of the molecule is CCN(CC)CCCNCc1cn(C2CCCC2)nc1C.Cl.Cl. The molecule has 0 aromatic carbocycles. The van der Waals surface area contributed by atoms with Crippen LogP contribution in [0.25, 0.3) is 0 Å². The molecule has 0 radical (unpaired) electrons. The summed E-state index contributed by atoms with van der Waals surface area (Å²) in [5, 5.41) is 8.28. The predicted molar refractivity (Wildman–Crippen MR) is 103 cm³/mol. The molecular weight excluding hydrogens is 331 g/mol. The summed E-state index contributed by atoms with van der Waals surface area (Å²) in [6.45, 7) is 12.2. The number of aromatic nitrogens is 2. The Balaban J connectivity index is 0.00000242. The maximum Gasteiger partial charge on any atom is 0.0638 e. The number of nitrogens with one attached hydrogen (secondary N) is 1. The minimum Gasteiger partial charge on any atom is -0.312 e. The van der Waals surface area contributed by atoms with Gasteiger partial charge in [-0.3, -0.25) is 4.68 Å². The first-order valence-corrected chi connectivity index (χ1v) is 8.72. The summed E-state index contributed by atoms with van der Waals surface area (Å²) in [6, 6.07) is 0.653. The number of rotatable bonds is 9. The first kappa shape index (κ1) is 22.7. The van der Waals surface area contributed by atoms with Crippen molar-refractivity contribution in [3.8, 4) is 0 Å². The minimum atomic E-state index is 0. The van der Waals surface area contributed by atoms with E-state index in [0.29, 0.717) is 6.04 Å². The van der Waals surface area contributed by atoms with Gasteiger partial charge in [-0.2, -0.15) is 5.10 Å². The van der Waals surface area contributed by atoms with Gasteiger partial charge in [0, 0.05) is 18.3 Å². The van der Waals surface area contributed by atoms with Crippen molar-refractivity contribution in [3.63, 3.8) is 0 Å². The van der Waals surface area contributed by atoms with Crippen molar-refractivity contribution in [2.24, 2.45) is 0 Å². The molecule has 0 aliphatic heterocycles. The monoisotopic (exact) mass is 364 g/mol. The van der Waals surface area contributed by atoms with E-state index in [1.807, 2.05) is 0 Å². The summed E-state index contributed by atoms with van der Waals surface area (Å²) < 4.78 is 2.22. The Bertz CT molecular complexity index is 413. The Hall–Kier alpha value is -0.290. The van der Waals surface area contributed by atoms with Gasteiger partial charge in [-0.25, -0.2) is 0 Å². The molecule has 2 rings (SSSR count). The fourth-order valence-corrected chi connectivity index (χ4v) is 3.24. The molecule has 1 aromatic rings. The van der Waals surface area contributed by atoms with Crippen LogP contribution in [0.5, 0.6) is 0 Å². The molecule has 23 heavy (non-hydrogen) atoms. The van der Waals surface area contributed by atoms with Gasteiger partial charge in [0.25, 0.3) is 0 Å². The van der Waals surface area contributed by atoms with Crippen molar-refractivity contribution in [3.05, 3.63) is 17.5 Å². The lowest BCUT2D eigenvalue weighted by atomic mass is 10.2. The van der Waals surface area contributed by atoms with E-state index in [2.05, 4.69) is 41.9 Å². The van der Waals surface area contributed by atoms with Crippen LogP contribution in [0.15, 0.2) is 6.20 Å². The van der Waals surface area contributed by atoms with Crippen LogP contribution in [-0.2, 0) is 6.54 Å². The molecule has 0 saturated heterocycles. The molecule has 1 aromatic heterocycles. The summed E-state index contributed by atoms with van der Waals surface area (Å²) >= 11 is 0. The topological polar surface area (TPSA) is 33.1 Å². The summed E-state index contributed by atoms with van der Waals surface area (Å²) in [6.07, 6.45) is 8.82. The van der Waals surface area contributed by atoms with Crippen LogP contribution in [-0.4, -0.2) is 40.9 Å². The molecule has 0 spiro atoms. The van der Waals surface area contributed by atoms with E-state index in [0.717, 1.165) is 26.2 Å². The van der Waals surface area contributed by atoms with Crippen LogP contribution in [0.1, 0.15) is 63.3 Å². The lowest BCUT2D eigenvalue weighted by Gasteiger charge is -2.17. The lowest BCUT2D eigenvalue weighted by molar-refractivity contribution is 0.298. The van der Waals surface area contributed by atoms with Crippen molar-refractivity contribution >= 4 is 24.8 Å². The van der Waals surface area contributed by atoms with Gasteiger partial charge in [0.2, 0.25) is 0 Å². The molecule has 1 heterocycles. The number of hydrogen-bond acceptors (Lipinski definition) is 3. The van der Waals surface area contributed by atoms with Gasteiger partial charge >= 0.3 is 0 Å². The maximum atomic E-state index is 4.71. The first-order chi connectivity index (χ1) is 10.2. The largest absolute Gasteiger partial charge is 0.312 e. The molecule has 1 N–H and O–H groups in total. The summed E-state index contributed by atoms with van der Waals surface area (Å²) in [5.74, 6) is 0. The van der Waals surface area contributed by atoms with Gasteiger partial charge in [0.05, 0.1) is 11.7 Å². The molecule has 0 amide bonds. The molecule has 6 heteroatoms. The summed E-state index contributed by atoms with van der Waals surface area (Å²) in [4.78, 5) is 2.48. The van der Waals surface area contributed by atoms with Crippen LogP contribution < -0.4 is 5.32 Å². The fraction of sp³-hybridized carbons (Fsp3) is 0.824. The zero-order chi connectivity index (χ0) is 15.1. The second-order valence-corrected chi connectivity index (χ2v) is 6.22. The fourth-order valence-electron chi connectivity index (χ4n) is 3.24. The molecule has 1 fully saturated rings. The van der Waals surface area contributed by atoms with Gasteiger partial charge in [-0.05, 0) is 52.4 Å². The van der Waals surface area contributed by atoms with Crippen molar-refractivity contribution in [1.29, 1.82) is 0 Å². The predicted octanol–water partition coefficient (Wildman–Crippen LogP) is 3.97. The highest BCUT2D eigenvalue weighted by Crippen LogP contribution is 2.29. The number of halogens is 2. The van der Waals surface area contributed by atoms with E-state index in [-0.39, 0.29) is 24.8 Å². The van der Waals surface area contributed by atoms with Crippen molar-refractivity contribution in [2.45, 2.75) is 65.5 Å². The van der Waals surface area contributed by atoms with E-state index in [9.17, 15) is 0 Å². The molecule has 0 unspecified atom stereocenters. The minimum absolute atomic E-state index is 0. The average Bonchev–Trinajstić information content (AvgIpc) is 3.13. The summed E-state index contributed by atoms with van der Waals surface area (Å²) in [5.41, 5.74) is 2.56. The smallest absolute Gasteiger partial charge is 0.0638 e. The molecule has 1 aliphatic rings. The number of hydrogen-bond donors (Lipinski definition) is 1. The van der Waals surface area contributed by atoms with E-state index in [4.69, 9.17) is 5.10 Å². The first-order valence-electron chi connectivity index (χ1n) is 8.72. The molecule has 4 nitrogen and oxygen atoms in total. The third-order valence-electron chi connectivity index (χ3n) is 4.75. The van der Waals surface area contributed by atoms with Crippen LogP contribution in [0.3, 0.4) is 0 Å². The third-order valence-corrected chi connectivity index (χ3v) is 4.75. The Morgan fingerprint density at radius 1 is 1.22 bits per heavy atom. The zero-order valence-electron chi connectivity index (χ0n) is 14.9. The van der Waals surface area contributed by atoms with E-state index >= 15 is 0 Å². The van der Waals surface area contributed by atoms with E-state index in [1.54, 1.807) is 0 Å². The zero-order valence-corrected chi connectivity index (χ0v) is 16.5. The normalized spacial score (nSPS) is 14.8. The second-order valence-electron chi connectivity index (χ2n) is 6.22. The molecule has 0 atom stereocenters. The van der Waals surface area contributed by atoms with Gasteiger partial charge in [0.1, 0.15) is 0 Å². The lowest BCUT2D eigenvalue weighted by Crippen LogP contribution is -2.27. The van der Waals surface area contributed by atoms with Gasteiger partial charge in [0.15, 0.2) is 0 Å². The molecule has 136 valence electrons. The molecule has 0 bridgehead atoms. The van der Waals surface area contributed by atoms with Crippen LogP contribution in [0.4, 0.5) is 0 Å². The van der Waals surface area contributed by atoms with Crippen molar-refractivity contribution in [1.82, 2.24) is 20.0 Å². The molecule has 1 aliphatic carbocycles. The van der Waals surface area contributed by atoms with Gasteiger partial charge < -0.3 is 10.2 Å². The highest BCUT2D eigenvalue weighted by atomic mass is 35.5. The number of nitrogens with zero attached hydrogens (tertiary/aromatic N) is 3.